The lowest BCUT2D eigenvalue weighted by molar-refractivity contribution is -0.114. The van der Waals surface area contributed by atoms with Crippen molar-refractivity contribution in [3.8, 4) is 11.3 Å². The quantitative estimate of drug-likeness (QED) is 0.616. The highest BCUT2D eigenvalue weighted by Crippen LogP contribution is 2.20. The van der Waals surface area contributed by atoms with E-state index in [1.807, 2.05) is 0 Å². The van der Waals surface area contributed by atoms with Crippen molar-refractivity contribution in [1.82, 2.24) is 10.2 Å². The van der Waals surface area contributed by atoms with E-state index in [0.29, 0.717) is 22.1 Å². The van der Waals surface area contributed by atoms with Gasteiger partial charge in [0.2, 0.25) is 11.8 Å². The molecule has 3 rings (SSSR count). The van der Waals surface area contributed by atoms with Crippen LogP contribution >= 0.6 is 11.8 Å². The average Bonchev–Trinajstić information content (AvgIpc) is 2.69. The largest absolute Gasteiger partial charge is 0.326 e. The van der Waals surface area contributed by atoms with E-state index in [0.717, 1.165) is 5.56 Å². The molecule has 2 aromatic carbocycles. The van der Waals surface area contributed by atoms with Gasteiger partial charge in [0.15, 0.2) is 0 Å². The maximum atomic E-state index is 13.0. The predicted octanol–water partition coefficient (Wildman–Crippen LogP) is 3.97. The molecule has 0 fully saturated rings. The van der Waals surface area contributed by atoms with Crippen molar-refractivity contribution in [2.24, 2.45) is 0 Å². The molecule has 0 aliphatic carbocycles. The number of benzene rings is 2. The lowest BCUT2D eigenvalue weighted by Gasteiger charge is -2.07. The Kier molecular flexibility index (Phi) is 6.33. The summed E-state index contributed by atoms with van der Waals surface area (Å²) in [5.74, 6) is -0.459. The molecule has 0 aliphatic heterocycles. The minimum atomic E-state index is -0.306. The third-order valence-electron chi connectivity index (χ3n) is 3.62. The van der Waals surface area contributed by atoms with Gasteiger partial charge in [0.1, 0.15) is 10.8 Å². The van der Waals surface area contributed by atoms with Gasteiger partial charge in [0.05, 0.1) is 11.4 Å². The van der Waals surface area contributed by atoms with Gasteiger partial charge in [0.25, 0.3) is 0 Å². The van der Waals surface area contributed by atoms with E-state index >= 15 is 0 Å². The van der Waals surface area contributed by atoms with Gasteiger partial charge in [-0.25, -0.2) is 4.39 Å². The van der Waals surface area contributed by atoms with Crippen molar-refractivity contribution in [3.63, 3.8) is 0 Å². The normalized spacial score (nSPS) is 10.4. The second kappa shape index (κ2) is 9.09. The van der Waals surface area contributed by atoms with Crippen molar-refractivity contribution < 1.29 is 14.0 Å². The maximum Gasteiger partial charge on any atom is 0.234 e. The first-order valence-electron chi connectivity index (χ1n) is 8.39. The van der Waals surface area contributed by atoms with E-state index in [9.17, 15) is 14.0 Å². The van der Waals surface area contributed by atoms with Crippen LogP contribution in [0.2, 0.25) is 0 Å². The van der Waals surface area contributed by atoms with Gasteiger partial charge in [-0.3, -0.25) is 9.59 Å². The number of aromatic nitrogens is 2. The summed E-state index contributed by atoms with van der Waals surface area (Å²) < 4.78 is 13.0. The summed E-state index contributed by atoms with van der Waals surface area (Å²) in [6.45, 7) is 1.43. The van der Waals surface area contributed by atoms with E-state index in [4.69, 9.17) is 0 Å². The molecule has 2 N–H and O–H groups in total. The highest BCUT2D eigenvalue weighted by Gasteiger charge is 2.07. The minimum Gasteiger partial charge on any atom is -0.326 e. The molecule has 0 unspecified atom stereocenters. The van der Waals surface area contributed by atoms with E-state index in [1.54, 1.807) is 48.5 Å². The Labute approximate surface area is 165 Å². The molecule has 2 amide bonds. The Balaban J connectivity index is 1.51. The number of thioether (sulfide) groups is 1. The van der Waals surface area contributed by atoms with Crippen LogP contribution < -0.4 is 10.6 Å². The van der Waals surface area contributed by atoms with Crippen LogP contribution in [0.5, 0.6) is 0 Å². The third kappa shape index (κ3) is 5.62. The topological polar surface area (TPSA) is 84.0 Å². The zero-order valence-corrected chi connectivity index (χ0v) is 15.8. The molecule has 8 heteroatoms. The van der Waals surface area contributed by atoms with Gasteiger partial charge in [-0.2, -0.15) is 0 Å². The Morgan fingerprint density at radius 1 is 0.893 bits per heavy atom. The number of anilines is 2. The Hall–Kier alpha value is -3.26. The van der Waals surface area contributed by atoms with Gasteiger partial charge >= 0.3 is 0 Å². The zero-order chi connectivity index (χ0) is 19.9. The van der Waals surface area contributed by atoms with Gasteiger partial charge in [-0.15, -0.1) is 10.2 Å². The van der Waals surface area contributed by atoms with Gasteiger partial charge in [-0.05, 0) is 60.7 Å². The number of hydrogen-bond acceptors (Lipinski definition) is 5. The molecule has 142 valence electrons. The molecule has 1 aromatic heterocycles. The van der Waals surface area contributed by atoms with Gasteiger partial charge < -0.3 is 10.6 Å². The van der Waals surface area contributed by atoms with Crippen molar-refractivity contribution in [2.75, 3.05) is 16.4 Å². The number of carbonyl (C=O) groups excluding carboxylic acids is 2. The summed E-state index contributed by atoms with van der Waals surface area (Å²) in [4.78, 5) is 23.1. The first-order valence-corrected chi connectivity index (χ1v) is 9.38. The molecule has 0 saturated carbocycles. The summed E-state index contributed by atoms with van der Waals surface area (Å²) in [5, 5.41) is 14.3. The fourth-order valence-corrected chi connectivity index (χ4v) is 2.96. The fraction of sp³-hybridized carbons (Fsp3) is 0.100. The highest BCUT2D eigenvalue weighted by molar-refractivity contribution is 7.99. The minimum absolute atomic E-state index is 0.153. The number of amides is 2. The second-order valence-electron chi connectivity index (χ2n) is 5.86. The number of rotatable bonds is 6. The lowest BCUT2D eigenvalue weighted by Crippen LogP contribution is -2.14. The lowest BCUT2D eigenvalue weighted by atomic mass is 10.1. The molecular formula is C20H17FN4O2S. The zero-order valence-electron chi connectivity index (χ0n) is 15.0. The highest BCUT2D eigenvalue weighted by atomic mass is 32.2. The number of halogens is 1. The van der Waals surface area contributed by atoms with E-state index in [1.165, 1.54) is 30.8 Å². The molecule has 1 heterocycles. The van der Waals surface area contributed by atoms with E-state index in [2.05, 4.69) is 20.8 Å². The molecular weight excluding hydrogens is 379 g/mol. The monoisotopic (exact) mass is 396 g/mol. The molecule has 0 atom stereocenters. The van der Waals surface area contributed by atoms with Crippen LogP contribution in [0.1, 0.15) is 6.92 Å². The van der Waals surface area contributed by atoms with Crippen molar-refractivity contribution in [1.29, 1.82) is 0 Å². The van der Waals surface area contributed by atoms with Crippen molar-refractivity contribution >= 4 is 35.0 Å². The first kappa shape index (κ1) is 19.5. The smallest absolute Gasteiger partial charge is 0.234 e. The second-order valence-corrected chi connectivity index (χ2v) is 6.85. The molecule has 0 spiro atoms. The summed E-state index contributed by atoms with van der Waals surface area (Å²) in [6, 6.07) is 16.4. The molecule has 28 heavy (non-hydrogen) atoms. The predicted molar refractivity (Wildman–Crippen MR) is 108 cm³/mol. The van der Waals surface area contributed by atoms with Gasteiger partial charge in [0, 0.05) is 23.9 Å². The van der Waals surface area contributed by atoms with E-state index in [-0.39, 0.29) is 23.4 Å². The molecule has 3 aromatic rings. The first-order chi connectivity index (χ1) is 13.5. The molecule has 6 nitrogen and oxygen atoms in total. The molecule has 0 saturated heterocycles. The number of carbonyl (C=O) groups is 2. The summed E-state index contributed by atoms with van der Waals surface area (Å²) in [5.41, 5.74) is 2.70. The van der Waals surface area contributed by atoms with Crippen LogP contribution in [-0.4, -0.2) is 27.8 Å². The summed E-state index contributed by atoms with van der Waals surface area (Å²) >= 11 is 1.26. The standard InChI is InChI=1S/C20H17FN4O2S/c1-13(26)22-16-6-8-17(9-7-16)23-19(27)12-28-20-11-10-18(24-25-20)14-2-4-15(21)5-3-14/h2-11H,12H2,1H3,(H,22,26)(H,23,27). The summed E-state index contributed by atoms with van der Waals surface area (Å²) in [7, 11) is 0. The SMILES string of the molecule is CC(=O)Nc1ccc(NC(=O)CSc2ccc(-c3ccc(F)cc3)nn2)cc1. The third-order valence-corrected chi connectivity index (χ3v) is 4.54. The number of hydrogen-bond donors (Lipinski definition) is 2. The van der Waals surface area contributed by atoms with E-state index < -0.39 is 0 Å². The maximum absolute atomic E-state index is 13.0. The Morgan fingerprint density at radius 2 is 1.54 bits per heavy atom. The fourth-order valence-electron chi connectivity index (χ4n) is 2.35. The van der Waals surface area contributed by atoms with Crippen LogP contribution in [0.25, 0.3) is 11.3 Å². The Morgan fingerprint density at radius 3 is 2.11 bits per heavy atom. The average molecular weight is 396 g/mol. The molecule has 0 bridgehead atoms. The number of nitrogens with zero attached hydrogens (tertiary/aromatic N) is 2. The number of nitrogens with one attached hydrogen (secondary N) is 2. The van der Waals surface area contributed by atoms with Crippen molar-refractivity contribution in [2.45, 2.75) is 11.9 Å². The Bertz CT molecular complexity index is 961. The summed E-state index contributed by atoms with van der Waals surface area (Å²) in [6.07, 6.45) is 0. The van der Waals surface area contributed by atoms with Crippen LogP contribution in [-0.2, 0) is 9.59 Å². The van der Waals surface area contributed by atoms with Crippen molar-refractivity contribution in [3.05, 3.63) is 66.5 Å². The molecule has 0 radical (unpaired) electrons. The van der Waals surface area contributed by atoms with Crippen LogP contribution in [0.4, 0.5) is 15.8 Å². The van der Waals surface area contributed by atoms with Crippen LogP contribution in [0, 0.1) is 5.82 Å². The van der Waals surface area contributed by atoms with Crippen LogP contribution in [0.3, 0.4) is 0 Å². The van der Waals surface area contributed by atoms with Gasteiger partial charge in [-0.1, -0.05) is 11.8 Å². The van der Waals surface area contributed by atoms with Crippen LogP contribution in [0.15, 0.2) is 65.7 Å². The molecule has 0 aliphatic rings.